The van der Waals surface area contributed by atoms with E-state index in [-0.39, 0.29) is 0 Å². The summed E-state index contributed by atoms with van der Waals surface area (Å²) in [7, 11) is 4.16. The van der Waals surface area contributed by atoms with Gasteiger partial charge in [-0.3, -0.25) is 0 Å². The summed E-state index contributed by atoms with van der Waals surface area (Å²) in [5.74, 6) is 0.998. The second-order valence-corrected chi connectivity index (χ2v) is 5.33. The molecule has 0 unspecified atom stereocenters. The van der Waals surface area contributed by atoms with Crippen LogP contribution in [0.5, 0.6) is 5.75 Å². The number of para-hydroxylation sites is 2. The largest absolute Gasteiger partial charge is 0.490 e. The molecule has 1 aliphatic rings. The number of hydrogen-bond donors (Lipinski definition) is 1. The first-order valence-electron chi connectivity index (χ1n) is 7.02. The first kappa shape index (κ1) is 14.2. The summed E-state index contributed by atoms with van der Waals surface area (Å²) in [6.45, 7) is 7.07. The number of ether oxygens (including phenoxy) is 1. The Balaban J connectivity index is 2.03. The Bertz CT molecular complexity index is 389. The third-order valence-corrected chi connectivity index (χ3v) is 3.68. The highest BCUT2D eigenvalue weighted by atomic mass is 16.5. The van der Waals surface area contributed by atoms with Gasteiger partial charge in [0.15, 0.2) is 0 Å². The minimum Gasteiger partial charge on any atom is -0.490 e. The lowest BCUT2D eigenvalue weighted by molar-refractivity contribution is 0.198. The normalized spacial score (nSPS) is 17.6. The molecule has 1 atom stereocenters. The Labute approximate surface area is 116 Å². The van der Waals surface area contributed by atoms with Gasteiger partial charge in [0.1, 0.15) is 12.4 Å². The fourth-order valence-electron chi connectivity index (χ4n) is 2.11. The lowest BCUT2D eigenvalue weighted by Gasteiger charge is -2.31. The van der Waals surface area contributed by atoms with Crippen LogP contribution in [0.4, 0.5) is 5.69 Å². The fourth-order valence-corrected chi connectivity index (χ4v) is 2.11. The highest BCUT2D eigenvalue weighted by molar-refractivity contribution is 5.58. The maximum Gasteiger partial charge on any atom is 0.142 e. The Morgan fingerprint density at radius 3 is 2.63 bits per heavy atom. The van der Waals surface area contributed by atoms with Crippen molar-refractivity contribution >= 4 is 5.69 Å². The van der Waals surface area contributed by atoms with Gasteiger partial charge in [-0.05, 0) is 33.2 Å². The Hall–Kier alpha value is -1.26. The number of nitrogens with one attached hydrogen (secondary N) is 1. The Morgan fingerprint density at radius 2 is 1.95 bits per heavy atom. The smallest absolute Gasteiger partial charge is 0.142 e. The molecule has 0 saturated carbocycles. The third-order valence-electron chi connectivity index (χ3n) is 3.68. The number of benzene rings is 1. The summed E-state index contributed by atoms with van der Waals surface area (Å²) >= 11 is 0. The first-order chi connectivity index (χ1) is 9.18. The maximum atomic E-state index is 6.01. The molecule has 4 nitrogen and oxygen atoms in total. The highest BCUT2D eigenvalue weighted by Crippen LogP contribution is 2.28. The molecule has 19 heavy (non-hydrogen) atoms. The predicted molar refractivity (Wildman–Crippen MR) is 80.2 cm³/mol. The van der Waals surface area contributed by atoms with Crippen LogP contribution >= 0.6 is 0 Å². The van der Waals surface area contributed by atoms with Gasteiger partial charge < -0.3 is 19.9 Å². The van der Waals surface area contributed by atoms with Gasteiger partial charge in [0.25, 0.3) is 0 Å². The number of nitrogens with zero attached hydrogens (tertiary/aromatic N) is 2. The van der Waals surface area contributed by atoms with Crippen molar-refractivity contribution in [2.24, 2.45) is 0 Å². The van der Waals surface area contributed by atoms with Crippen molar-refractivity contribution < 1.29 is 4.74 Å². The Morgan fingerprint density at radius 1 is 1.26 bits per heavy atom. The van der Waals surface area contributed by atoms with E-state index in [2.05, 4.69) is 54.3 Å². The van der Waals surface area contributed by atoms with Gasteiger partial charge in [0.2, 0.25) is 0 Å². The van der Waals surface area contributed by atoms with Crippen molar-refractivity contribution in [3.63, 3.8) is 0 Å². The SMILES string of the molecule is C[C@H](COc1ccccc1N1CCNCC1)N(C)C. The van der Waals surface area contributed by atoms with Gasteiger partial charge in [-0.15, -0.1) is 0 Å². The van der Waals surface area contributed by atoms with Gasteiger partial charge in [0.05, 0.1) is 5.69 Å². The standard InChI is InChI=1S/C15H25N3O/c1-13(17(2)3)12-19-15-7-5-4-6-14(15)18-10-8-16-9-11-18/h4-7,13,16H,8-12H2,1-3H3/t13-/m1/s1. The van der Waals surface area contributed by atoms with E-state index >= 15 is 0 Å². The van der Waals surface area contributed by atoms with E-state index in [9.17, 15) is 0 Å². The van der Waals surface area contributed by atoms with Gasteiger partial charge in [0, 0.05) is 32.2 Å². The lowest BCUT2D eigenvalue weighted by atomic mass is 10.2. The molecule has 0 spiro atoms. The zero-order valence-corrected chi connectivity index (χ0v) is 12.2. The molecule has 1 saturated heterocycles. The fraction of sp³-hybridized carbons (Fsp3) is 0.600. The summed E-state index contributed by atoms with van der Waals surface area (Å²) in [5.41, 5.74) is 1.22. The van der Waals surface area contributed by atoms with E-state index in [1.165, 1.54) is 5.69 Å². The minimum atomic E-state index is 0.413. The molecule has 1 N–H and O–H groups in total. The van der Waals surface area contributed by atoms with E-state index in [4.69, 9.17) is 4.74 Å². The molecule has 1 aromatic rings. The summed E-state index contributed by atoms with van der Waals surface area (Å²) < 4.78 is 6.01. The van der Waals surface area contributed by atoms with E-state index in [0.717, 1.165) is 38.5 Å². The van der Waals surface area contributed by atoms with Crippen molar-refractivity contribution in [3.8, 4) is 5.75 Å². The topological polar surface area (TPSA) is 27.7 Å². The van der Waals surface area contributed by atoms with Gasteiger partial charge >= 0.3 is 0 Å². The lowest BCUT2D eigenvalue weighted by Crippen LogP contribution is -2.43. The minimum absolute atomic E-state index is 0.413. The number of hydrogen-bond acceptors (Lipinski definition) is 4. The maximum absolute atomic E-state index is 6.01. The van der Waals surface area contributed by atoms with Crippen LogP contribution in [-0.4, -0.2) is 57.8 Å². The molecule has 0 radical (unpaired) electrons. The first-order valence-corrected chi connectivity index (χ1v) is 7.02. The van der Waals surface area contributed by atoms with Crippen molar-refractivity contribution in [2.75, 3.05) is 51.8 Å². The molecular weight excluding hydrogens is 238 g/mol. The second kappa shape index (κ2) is 6.78. The summed E-state index contributed by atoms with van der Waals surface area (Å²) in [6, 6.07) is 8.76. The molecule has 1 aromatic carbocycles. The number of likely N-dealkylation sites (N-methyl/N-ethyl adjacent to an activating group) is 1. The Kier molecular flexibility index (Phi) is 5.05. The highest BCUT2D eigenvalue weighted by Gasteiger charge is 2.15. The van der Waals surface area contributed by atoms with Crippen LogP contribution in [0.1, 0.15) is 6.92 Å². The molecule has 2 rings (SSSR count). The number of anilines is 1. The van der Waals surface area contributed by atoms with Crippen LogP contribution in [0.3, 0.4) is 0 Å². The van der Waals surface area contributed by atoms with Crippen LogP contribution in [0.25, 0.3) is 0 Å². The molecule has 106 valence electrons. The average molecular weight is 263 g/mol. The van der Waals surface area contributed by atoms with Gasteiger partial charge in [-0.25, -0.2) is 0 Å². The molecule has 4 heteroatoms. The summed E-state index contributed by atoms with van der Waals surface area (Å²) in [4.78, 5) is 4.57. The zero-order chi connectivity index (χ0) is 13.7. The van der Waals surface area contributed by atoms with Crippen LogP contribution in [0, 0.1) is 0 Å². The molecule has 0 amide bonds. The number of rotatable bonds is 5. The van der Waals surface area contributed by atoms with Crippen LogP contribution in [-0.2, 0) is 0 Å². The van der Waals surface area contributed by atoms with Crippen molar-refractivity contribution in [2.45, 2.75) is 13.0 Å². The van der Waals surface area contributed by atoms with E-state index in [0.29, 0.717) is 6.04 Å². The van der Waals surface area contributed by atoms with Crippen molar-refractivity contribution in [1.82, 2.24) is 10.2 Å². The molecule has 1 aliphatic heterocycles. The van der Waals surface area contributed by atoms with E-state index < -0.39 is 0 Å². The predicted octanol–water partition coefficient (Wildman–Crippen LogP) is 1.43. The quantitative estimate of drug-likeness (QED) is 0.869. The summed E-state index contributed by atoms with van der Waals surface area (Å²) in [5, 5.41) is 3.38. The van der Waals surface area contributed by atoms with Crippen molar-refractivity contribution in [3.05, 3.63) is 24.3 Å². The van der Waals surface area contributed by atoms with Crippen LogP contribution in [0.15, 0.2) is 24.3 Å². The monoisotopic (exact) mass is 263 g/mol. The third kappa shape index (κ3) is 3.85. The van der Waals surface area contributed by atoms with Crippen LogP contribution < -0.4 is 15.0 Å². The molecule has 0 bridgehead atoms. The van der Waals surface area contributed by atoms with E-state index in [1.54, 1.807) is 0 Å². The van der Waals surface area contributed by atoms with E-state index in [1.807, 2.05) is 6.07 Å². The second-order valence-electron chi connectivity index (χ2n) is 5.33. The molecule has 1 heterocycles. The molecule has 0 aromatic heterocycles. The molecule has 1 fully saturated rings. The number of piperazine rings is 1. The zero-order valence-electron chi connectivity index (χ0n) is 12.2. The van der Waals surface area contributed by atoms with Crippen molar-refractivity contribution in [1.29, 1.82) is 0 Å². The average Bonchev–Trinajstić information content (AvgIpc) is 2.46. The van der Waals surface area contributed by atoms with Gasteiger partial charge in [-0.1, -0.05) is 12.1 Å². The summed E-state index contributed by atoms with van der Waals surface area (Å²) in [6.07, 6.45) is 0. The molecular formula is C15H25N3O. The van der Waals surface area contributed by atoms with Gasteiger partial charge in [-0.2, -0.15) is 0 Å². The van der Waals surface area contributed by atoms with Crippen LogP contribution in [0.2, 0.25) is 0 Å². The molecule has 0 aliphatic carbocycles.